The van der Waals surface area contributed by atoms with Gasteiger partial charge in [-0.2, -0.15) is 0 Å². The highest BCUT2D eigenvalue weighted by atomic mass is 35.5. The molecule has 3 aromatic rings. The maximum absolute atomic E-state index is 13.2. The van der Waals surface area contributed by atoms with Crippen LogP contribution in [0.4, 0.5) is 15.8 Å². The summed E-state index contributed by atoms with van der Waals surface area (Å²) in [6.45, 7) is 0.758. The number of benzene rings is 3. The maximum atomic E-state index is 13.2. The molecular formula is C22H20ClFN2O3. The summed E-state index contributed by atoms with van der Waals surface area (Å²) in [6.07, 6.45) is 0. The van der Waals surface area contributed by atoms with Crippen LogP contribution in [0.25, 0.3) is 0 Å². The minimum atomic E-state index is -0.537. The van der Waals surface area contributed by atoms with Crippen LogP contribution < -0.4 is 20.1 Å². The predicted molar refractivity (Wildman–Crippen MR) is 112 cm³/mol. The zero-order valence-electron chi connectivity index (χ0n) is 15.5. The van der Waals surface area contributed by atoms with E-state index in [9.17, 15) is 9.18 Å². The van der Waals surface area contributed by atoms with Crippen molar-refractivity contribution in [3.05, 3.63) is 83.6 Å². The van der Waals surface area contributed by atoms with Crippen LogP contribution in [-0.2, 0) is 4.79 Å². The number of hydrogen-bond acceptors (Lipinski definition) is 4. The first-order chi connectivity index (χ1) is 14.1. The molecule has 1 amide bonds. The van der Waals surface area contributed by atoms with Gasteiger partial charge in [0, 0.05) is 5.69 Å². The molecule has 3 aromatic carbocycles. The monoisotopic (exact) mass is 414 g/mol. The summed E-state index contributed by atoms with van der Waals surface area (Å²) in [5.74, 6) is 0.557. The van der Waals surface area contributed by atoms with E-state index in [-0.39, 0.29) is 17.5 Å². The quantitative estimate of drug-likeness (QED) is 0.484. The highest BCUT2D eigenvalue weighted by Gasteiger charge is 2.08. The van der Waals surface area contributed by atoms with E-state index in [0.717, 1.165) is 5.75 Å². The van der Waals surface area contributed by atoms with Crippen LogP contribution in [0.15, 0.2) is 72.8 Å². The summed E-state index contributed by atoms with van der Waals surface area (Å²) in [5, 5.41) is 5.64. The summed E-state index contributed by atoms with van der Waals surface area (Å²) in [7, 11) is 0. The average molecular weight is 415 g/mol. The third kappa shape index (κ3) is 6.40. The molecule has 0 heterocycles. The topological polar surface area (TPSA) is 59.6 Å². The van der Waals surface area contributed by atoms with Crippen molar-refractivity contribution in [3.8, 4) is 11.5 Å². The number of carbonyl (C=O) groups excluding carboxylic acids is 1. The lowest BCUT2D eigenvalue weighted by atomic mass is 10.3. The number of halogens is 2. The van der Waals surface area contributed by atoms with Crippen molar-refractivity contribution in [2.45, 2.75) is 0 Å². The van der Waals surface area contributed by atoms with Crippen LogP contribution in [0, 0.1) is 5.82 Å². The molecule has 0 fully saturated rings. The molecule has 29 heavy (non-hydrogen) atoms. The maximum Gasteiger partial charge on any atom is 0.243 e. The van der Waals surface area contributed by atoms with E-state index in [1.807, 2.05) is 54.6 Å². The fourth-order valence-corrected chi connectivity index (χ4v) is 2.70. The Morgan fingerprint density at radius 1 is 0.931 bits per heavy atom. The van der Waals surface area contributed by atoms with Gasteiger partial charge in [-0.05, 0) is 42.5 Å². The number of amides is 1. The Morgan fingerprint density at radius 3 is 2.45 bits per heavy atom. The number of anilines is 2. The first-order valence-electron chi connectivity index (χ1n) is 9.00. The summed E-state index contributed by atoms with van der Waals surface area (Å²) in [6, 6.07) is 20.8. The second-order valence-electron chi connectivity index (χ2n) is 6.04. The molecule has 2 N–H and O–H groups in total. The van der Waals surface area contributed by atoms with Crippen LogP contribution >= 0.6 is 11.6 Å². The van der Waals surface area contributed by atoms with Gasteiger partial charge in [-0.3, -0.25) is 4.79 Å². The van der Waals surface area contributed by atoms with E-state index in [2.05, 4.69) is 10.6 Å². The number of nitrogens with one attached hydrogen (secondary N) is 2. The Hall–Kier alpha value is -3.25. The lowest BCUT2D eigenvalue weighted by Crippen LogP contribution is -2.22. The van der Waals surface area contributed by atoms with E-state index in [0.29, 0.717) is 30.3 Å². The molecular weight excluding hydrogens is 395 g/mol. The Bertz CT molecular complexity index is 954. The summed E-state index contributed by atoms with van der Waals surface area (Å²) < 4.78 is 24.6. The van der Waals surface area contributed by atoms with Gasteiger partial charge in [0.15, 0.2) is 0 Å². The first kappa shape index (κ1) is 20.5. The van der Waals surface area contributed by atoms with Crippen molar-refractivity contribution < 1.29 is 18.7 Å². The standard InChI is InChI=1S/C22H20ClFN2O3/c23-18-14-16(10-11-19(18)24)26-22(27)15-25-20-8-4-5-9-21(20)29-13-12-28-17-6-2-1-3-7-17/h1-11,14,25H,12-13,15H2,(H,26,27). The molecule has 0 radical (unpaired) electrons. The van der Waals surface area contributed by atoms with Crippen molar-refractivity contribution in [1.82, 2.24) is 0 Å². The summed E-state index contributed by atoms with van der Waals surface area (Å²) in [5.41, 5.74) is 1.10. The molecule has 0 aliphatic rings. The van der Waals surface area contributed by atoms with Gasteiger partial charge in [-0.1, -0.05) is 41.9 Å². The van der Waals surface area contributed by atoms with Gasteiger partial charge >= 0.3 is 0 Å². The zero-order chi connectivity index (χ0) is 20.5. The van der Waals surface area contributed by atoms with Gasteiger partial charge in [-0.25, -0.2) is 4.39 Å². The highest BCUT2D eigenvalue weighted by Crippen LogP contribution is 2.24. The van der Waals surface area contributed by atoms with Crippen LogP contribution in [0.1, 0.15) is 0 Å². The third-order valence-corrected chi connectivity index (χ3v) is 4.17. The number of para-hydroxylation sites is 3. The molecule has 0 aromatic heterocycles. The van der Waals surface area contributed by atoms with E-state index in [4.69, 9.17) is 21.1 Å². The number of carbonyl (C=O) groups is 1. The van der Waals surface area contributed by atoms with Crippen molar-refractivity contribution in [2.24, 2.45) is 0 Å². The fourth-order valence-electron chi connectivity index (χ4n) is 2.52. The van der Waals surface area contributed by atoms with Gasteiger partial charge in [0.25, 0.3) is 0 Å². The van der Waals surface area contributed by atoms with Crippen LogP contribution in [0.2, 0.25) is 5.02 Å². The average Bonchev–Trinajstić information content (AvgIpc) is 2.74. The van der Waals surface area contributed by atoms with Crippen molar-refractivity contribution >= 4 is 28.9 Å². The molecule has 150 valence electrons. The van der Waals surface area contributed by atoms with Gasteiger partial charge < -0.3 is 20.1 Å². The third-order valence-electron chi connectivity index (χ3n) is 3.88. The molecule has 3 rings (SSSR count). The largest absolute Gasteiger partial charge is 0.490 e. The Kier molecular flexibility index (Phi) is 7.30. The summed E-state index contributed by atoms with van der Waals surface area (Å²) in [4.78, 5) is 12.1. The lowest BCUT2D eigenvalue weighted by molar-refractivity contribution is -0.114. The Balaban J connectivity index is 1.48. The molecule has 0 spiro atoms. The molecule has 0 saturated carbocycles. The second-order valence-corrected chi connectivity index (χ2v) is 6.44. The molecule has 0 aliphatic heterocycles. The van der Waals surface area contributed by atoms with Crippen LogP contribution in [0.3, 0.4) is 0 Å². The Labute approximate surface area is 173 Å². The normalized spacial score (nSPS) is 10.3. The number of hydrogen-bond donors (Lipinski definition) is 2. The van der Waals surface area contributed by atoms with E-state index < -0.39 is 5.82 Å². The summed E-state index contributed by atoms with van der Waals surface area (Å²) >= 11 is 5.72. The molecule has 5 nitrogen and oxygen atoms in total. The van der Waals surface area contributed by atoms with Gasteiger partial charge in [0.1, 0.15) is 30.5 Å². The second kappa shape index (κ2) is 10.3. The van der Waals surface area contributed by atoms with Crippen molar-refractivity contribution in [1.29, 1.82) is 0 Å². The van der Waals surface area contributed by atoms with E-state index in [1.165, 1.54) is 18.2 Å². The van der Waals surface area contributed by atoms with E-state index in [1.54, 1.807) is 0 Å². The predicted octanol–water partition coefficient (Wildman–Crippen LogP) is 4.99. The zero-order valence-corrected chi connectivity index (χ0v) is 16.3. The van der Waals surface area contributed by atoms with Crippen molar-refractivity contribution in [2.75, 3.05) is 30.4 Å². The molecule has 0 aliphatic carbocycles. The van der Waals surface area contributed by atoms with Crippen LogP contribution in [0.5, 0.6) is 11.5 Å². The van der Waals surface area contributed by atoms with E-state index >= 15 is 0 Å². The molecule has 0 saturated heterocycles. The van der Waals surface area contributed by atoms with Gasteiger partial charge in [0.2, 0.25) is 5.91 Å². The molecule has 0 atom stereocenters. The minimum Gasteiger partial charge on any atom is -0.490 e. The SMILES string of the molecule is O=C(CNc1ccccc1OCCOc1ccccc1)Nc1ccc(F)c(Cl)c1. The molecule has 0 unspecified atom stereocenters. The molecule has 0 bridgehead atoms. The fraction of sp³-hybridized carbons (Fsp3) is 0.136. The van der Waals surface area contributed by atoms with Crippen LogP contribution in [-0.4, -0.2) is 25.7 Å². The van der Waals surface area contributed by atoms with Gasteiger partial charge in [-0.15, -0.1) is 0 Å². The minimum absolute atomic E-state index is 0.00981. The van der Waals surface area contributed by atoms with Gasteiger partial charge in [0.05, 0.1) is 17.3 Å². The number of rotatable bonds is 9. The highest BCUT2D eigenvalue weighted by molar-refractivity contribution is 6.31. The first-order valence-corrected chi connectivity index (χ1v) is 9.38. The Morgan fingerprint density at radius 2 is 1.66 bits per heavy atom. The smallest absolute Gasteiger partial charge is 0.243 e. The van der Waals surface area contributed by atoms with Crippen molar-refractivity contribution in [3.63, 3.8) is 0 Å². The molecule has 7 heteroatoms. The number of ether oxygens (including phenoxy) is 2. The lowest BCUT2D eigenvalue weighted by Gasteiger charge is -2.14.